The van der Waals surface area contributed by atoms with Gasteiger partial charge in [-0.05, 0) is 12.1 Å². The number of hydrogen-bond acceptors (Lipinski definition) is 5. The Morgan fingerprint density at radius 2 is 2.06 bits per heavy atom. The molecule has 16 heavy (non-hydrogen) atoms. The van der Waals surface area contributed by atoms with Crippen molar-refractivity contribution in [1.82, 2.24) is 15.2 Å². The van der Waals surface area contributed by atoms with E-state index in [1.54, 1.807) is 31.6 Å². The minimum Gasteiger partial charge on any atom is -0.495 e. The van der Waals surface area contributed by atoms with Crippen LogP contribution in [0.3, 0.4) is 0 Å². The quantitative estimate of drug-likeness (QED) is 0.829. The number of rotatable bonds is 3. The lowest BCUT2D eigenvalue weighted by Crippen LogP contribution is -2.01. The third-order valence-electron chi connectivity index (χ3n) is 2.21. The van der Waals surface area contributed by atoms with Gasteiger partial charge >= 0.3 is 0 Å². The molecule has 2 aromatic rings. The molecule has 0 spiro atoms. The first-order chi connectivity index (χ1) is 7.81. The molecule has 0 amide bonds. The molecule has 5 heteroatoms. The van der Waals surface area contributed by atoms with Gasteiger partial charge in [0.15, 0.2) is 0 Å². The highest BCUT2D eigenvalue weighted by Gasteiger charge is 2.11. The number of nitrogens with zero attached hydrogens (tertiary/aromatic N) is 3. The van der Waals surface area contributed by atoms with Crippen molar-refractivity contribution in [2.45, 2.75) is 6.10 Å². The molecule has 1 unspecified atom stereocenters. The molecule has 1 N–H and O–H groups in total. The summed E-state index contributed by atoms with van der Waals surface area (Å²) in [5.41, 5.74) is 1.33. The van der Waals surface area contributed by atoms with Crippen molar-refractivity contribution >= 4 is 0 Å². The van der Waals surface area contributed by atoms with Gasteiger partial charge in [-0.15, -0.1) is 0 Å². The normalized spacial score (nSPS) is 12.1. The van der Waals surface area contributed by atoms with Crippen LogP contribution in [0, 0.1) is 0 Å². The van der Waals surface area contributed by atoms with Crippen molar-refractivity contribution in [1.29, 1.82) is 0 Å². The van der Waals surface area contributed by atoms with Crippen LogP contribution < -0.4 is 4.74 Å². The number of pyridine rings is 1. The largest absolute Gasteiger partial charge is 0.495 e. The Kier molecular flexibility index (Phi) is 3.07. The Hall–Kier alpha value is -2.01. The second-order valence-corrected chi connectivity index (χ2v) is 3.24. The molecule has 5 nitrogen and oxygen atoms in total. The summed E-state index contributed by atoms with van der Waals surface area (Å²) in [4.78, 5) is 3.98. The Morgan fingerprint density at radius 3 is 2.75 bits per heavy atom. The molecule has 0 aliphatic heterocycles. The van der Waals surface area contributed by atoms with E-state index < -0.39 is 6.10 Å². The third-order valence-corrected chi connectivity index (χ3v) is 2.21. The van der Waals surface area contributed by atoms with Crippen LogP contribution in [0.25, 0.3) is 0 Å². The molecule has 2 rings (SSSR count). The van der Waals surface area contributed by atoms with E-state index in [9.17, 15) is 5.11 Å². The van der Waals surface area contributed by atoms with Crippen LogP contribution in [-0.4, -0.2) is 27.4 Å². The highest BCUT2D eigenvalue weighted by molar-refractivity contribution is 5.30. The molecule has 2 aromatic heterocycles. The highest BCUT2D eigenvalue weighted by atomic mass is 16.5. The van der Waals surface area contributed by atoms with Crippen molar-refractivity contribution in [3.63, 3.8) is 0 Å². The summed E-state index contributed by atoms with van der Waals surface area (Å²) in [7, 11) is 1.56. The van der Waals surface area contributed by atoms with Crippen molar-refractivity contribution in [2.24, 2.45) is 0 Å². The van der Waals surface area contributed by atoms with E-state index in [0.29, 0.717) is 16.9 Å². The van der Waals surface area contributed by atoms with Crippen LogP contribution >= 0.6 is 0 Å². The Balaban J connectivity index is 2.30. The highest BCUT2D eigenvalue weighted by Crippen LogP contribution is 2.22. The fourth-order valence-electron chi connectivity index (χ4n) is 1.35. The molecule has 0 saturated carbocycles. The van der Waals surface area contributed by atoms with E-state index in [1.807, 2.05) is 0 Å². The molecule has 0 aliphatic rings. The predicted octanol–water partition coefficient (Wildman–Crippen LogP) is 0.962. The standard InChI is InChI=1S/C11H11N3O2/c1-16-10-4-9(5-12-7-10)11(15)8-2-3-13-14-6-8/h2-7,11,15H,1H3. The zero-order valence-electron chi connectivity index (χ0n) is 8.74. The van der Waals surface area contributed by atoms with Crippen LogP contribution in [0.5, 0.6) is 5.75 Å². The van der Waals surface area contributed by atoms with E-state index in [2.05, 4.69) is 15.2 Å². The second-order valence-electron chi connectivity index (χ2n) is 3.24. The molecule has 0 aliphatic carbocycles. The Labute approximate surface area is 92.8 Å². The summed E-state index contributed by atoms with van der Waals surface area (Å²) in [5, 5.41) is 17.4. The molecule has 0 bridgehead atoms. The lowest BCUT2D eigenvalue weighted by molar-refractivity contribution is 0.218. The molecule has 0 saturated heterocycles. The van der Waals surface area contributed by atoms with Gasteiger partial charge in [0.05, 0.1) is 19.5 Å². The fraction of sp³-hybridized carbons (Fsp3) is 0.182. The summed E-state index contributed by atoms with van der Waals surface area (Å²) in [6, 6.07) is 3.44. The van der Waals surface area contributed by atoms with Crippen molar-refractivity contribution in [3.05, 3.63) is 48.0 Å². The SMILES string of the molecule is COc1cncc(C(O)c2ccnnc2)c1. The Morgan fingerprint density at radius 1 is 1.19 bits per heavy atom. The van der Waals surface area contributed by atoms with E-state index in [-0.39, 0.29) is 0 Å². The number of hydrogen-bond donors (Lipinski definition) is 1. The van der Waals surface area contributed by atoms with Gasteiger partial charge in [-0.25, -0.2) is 0 Å². The van der Waals surface area contributed by atoms with Crippen molar-refractivity contribution in [3.8, 4) is 5.75 Å². The van der Waals surface area contributed by atoms with Crippen LogP contribution in [0.1, 0.15) is 17.2 Å². The minimum atomic E-state index is -0.766. The van der Waals surface area contributed by atoms with Gasteiger partial charge < -0.3 is 9.84 Å². The number of aliphatic hydroxyl groups is 1. The summed E-state index contributed by atoms with van der Waals surface area (Å²) in [5.74, 6) is 0.610. The molecule has 0 fully saturated rings. The fourth-order valence-corrected chi connectivity index (χ4v) is 1.35. The van der Waals surface area contributed by atoms with Crippen molar-refractivity contribution in [2.75, 3.05) is 7.11 Å². The van der Waals surface area contributed by atoms with Crippen LogP contribution in [0.2, 0.25) is 0 Å². The van der Waals surface area contributed by atoms with E-state index in [1.165, 1.54) is 12.4 Å². The van der Waals surface area contributed by atoms with Crippen LogP contribution in [0.15, 0.2) is 36.9 Å². The average molecular weight is 217 g/mol. The molecule has 1 atom stereocenters. The number of ether oxygens (including phenoxy) is 1. The van der Waals surface area contributed by atoms with Gasteiger partial charge in [0.1, 0.15) is 11.9 Å². The minimum absolute atomic E-state index is 0.610. The Bertz CT molecular complexity index is 462. The monoisotopic (exact) mass is 217 g/mol. The number of aromatic nitrogens is 3. The van der Waals surface area contributed by atoms with Crippen LogP contribution in [-0.2, 0) is 0 Å². The van der Waals surface area contributed by atoms with E-state index in [4.69, 9.17) is 4.74 Å². The maximum atomic E-state index is 10.0. The zero-order valence-corrected chi connectivity index (χ0v) is 8.74. The maximum Gasteiger partial charge on any atom is 0.137 e. The summed E-state index contributed by atoms with van der Waals surface area (Å²) in [6.07, 6.45) is 5.46. The van der Waals surface area contributed by atoms with Gasteiger partial charge in [-0.1, -0.05) is 0 Å². The van der Waals surface area contributed by atoms with Gasteiger partial charge in [-0.3, -0.25) is 4.98 Å². The van der Waals surface area contributed by atoms with Crippen molar-refractivity contribution < 1.29 is 9.84 Å². The number of aliphatic hydroxyl groups excluding tert-OH is 1. The summed E-state index contributed by atoms with van der Waals surface area (Å²) < 4.78 is 5.04. The summed E-state index contributed by atoms with van der Waals surface area (Å²) in [6.45, 7) is 0. The number of methoxy groups -OCH3 is 1. The average Bonchev–Trinajstić information content (AvgIpc) is 2.39. The third kappa shape index (κ3) is 2.14. The zero-order chi connectivity index (χ0) is 11.4. The maximum absolute atomic E-state index is 10.0. The summed E-state index contributed by atoms with van der Waals surface area (Å²) >= 11 is 0. The van der Waals surface area contributed by atoms with Gasteiger partial charge in [0.2, 0.25) is 0 Å². The topological polar surface area (TPSA) is 68.1 Å². The molecule has 82 valence electrons. The first-order valence-corrected chi connectivity index (χ1v) is 4.75. The van der Waals surface area contributed by atoms with Crippen LogP contribution in [0.4, 0.5) is 0 Å². The molecular weight excluding hydrogens is 206 g/mol. The lowest BCUT2D eigenvalue weighted by atomic mass is 10.1. The lowest BCUT2D eigenvalue weighted by Gasteiger charge is -2.10. The molecule has 2 heterocycles. The second kappa shape index (κ2) is 4.67. The van der Waals surface area contributed by atoms with E-state index >= 15 is 0 Å². The van der Waals surface area contributed by atoms with Gasteiger partial charge in [0, 0.05) is 23.5 Å². The predicted molar refractivity (Wildman–Crippen MR) is 56.9 cm³/mol. The molecule has 0 aromatic carbocycles. The first kappa shape index (κ1) is 10.5. The first-order valence-electron chi connectivity index (χ1n) is 4.75. The van der Waals surface area contributed by atoms with E-state index in [0.717, 1.165) is 0 Å². The van der Waals surface area contributed by atoms with Gasteiger partial charge in [0.25, 0.3) is 0 Å². The molecule has 0 radical (unpaired) electrons. The smallest absolute Gasteiger partial charge is 0.137 e. The van der Waals surface area contributed by atoms with Gasteiger partial charge in [-0.2, -0.15) is 10.2 Å². The molecular formula is C11H11N3O2.